The molecule has 0 saturated carbocycles. The quantitative estimate of drug-likeness (QED) is 0.822. The first-order chi connectivity index (χ1) is 8.20. The molecule has 0 fully saturated rings. The minimum Gasteiger partial charge on any atom is -0.399 e. The Hall–Kier alpha value is -1.52. The van der Waals surface area contributed by atoms with Crippen LogP contribution in [0.15, 0.2) is 52.3 Å². The first-order valence-electron chi connectivity index (χ1n) is 5.12. The maximum atomic E-state index is 13.5. The lowest BCUT2D eigenvalue weighted by atomic mass is 10.2. The molecule has 0 unspecified atom stereocenters. The van der Waals surface area contributed by atoms with Crippen LogP contribution in [0.25, 0.3) is 0 Å². The van der Waals surface area contributed by atoms with Gasteiger partial charge in [-0.05, 0) is 35.9 Å². The van der Waals surface area contributed by atoms with Gasteiger partial charge in [0.1, 0.15) is 5.82 Å². The molecule has 88 valence electrons. The Labute approximate surface area is 103 Å². The zero-order chi connectivity index (χ0) is 12.3. The van der Waals surface area contributed by atoms with E-state index in [2.05, 4.69) is 0 Å². The molecule has 0 aliphatic rings. The molecule has 2 nitrogen and oxygen atoms in total. The van der Waals surface area contributed by atoms with E-state index in [0.29, 0.717) is 16.1 Å². The first kappa shape index (κ1) is 12.0. The van der Waals surface area contributed by atoms with E-state index in [0.717, 1.165) is 4.90 Å². The summed E-state index contributed by atoms with van der Waals surface area (Å²) in [6.07, 6.45) is 0. The highest BCUT2D eigenvalue weighted by molar-refractivity contribution is 7.99. The van der Waals surface area contributed by atoms with Crippen LogP contribution >= 0.6 is 11.8 Å². The molecular formula is C13H12FNOS. The number of anilines is 1. The second-order valence-electron chi connectivity index (χ2n) is 3.56. The highest BCUT2D eigenvalue weighted by atomic mass is 32.2. The molecule has 0 aromatic heterocycles. The number of hydrogen-bond acceptors (Lipinski definition) is 3. The monoisotopic (exact) mass is 249 g/mol. The zero-order valence-electron chi connectivity index (χ0n) is 9.06. The molecule has 0 radical (unpaired) electrons. The molecule has 0 heterocycles. The Morgan fingerprint density at radius 2 is 1.88 bits per heavy atom. The molecule has 17 heavy (non-hydrogen) atoms. The molecule has 0 saturated heterocycles. The van der Waals surface area contributed by atoms with E-state index >= 15 is 0 Å². The number of nitrogen functional groups attached to an aromatic ring is 1. The lowest BCUT2D eigenvalue weighted by Gasteiger charge is -2.08. The molecule has 3 N–H and O–H groups in total. The lowest BCUT2D eigenvalue weighted by molar-refractivity contribution is 0.279. The Bertz CT molecular complexity index is 531. The fourth-order valence-corrected chi connectivity index (χ4v) is 2.41. The van der Waals surface area contributed by atoms with E-state index in [4.69, 9.17) is 5.73 Å². The molecule has 0 spiro atoms. The SMILES string of the molecule is Nc1ccc(Sc2ccccc2F)c(CO)c1. The third-order valence-corrected chi connectivity index (χ3v) is 3.48. The molecule has 0 bridgehead atoms. The van der Waals surface area contributed by atoms with E-state index in [1.807, 2.05) is 0 Å². The largest absolute Gasteiger partial charge is 0.399 e. The third kappa shape index (κ3) is 2.78. The van der Waals surface area contributed by atoms with Crippen LogP contribution in [0, 0.1) is 5.82 Å². The highest BCUT2D eigenvalue weighted by Gasteiger charge is 2.07. The maximum Gasteiger partial charge on any atom is 0.137 e. The third-order valence-electron chi connectivity index (χ3n) is 2.31. The van der Waals surface area contributed by atoms with E-state index in [1.54, 1.807) is 36.4 Å². The van der Waals surface area contributed by atoms with Gasteiger partial charge in [0.05, 0.1) is 6.61 Å². The molecule has 2 aromatic carbocycles. The van der Waals surface area contributed by atoms with Gasteiger partial charge in [0.25, 0.3) is 0 Å². The van der Waals surface area contributed by atoms with Gasteiger partial charge in [-0.3, -0.25) is 0 Å². The van der Waals surface area contributed by atoms with Crippen LogP contribution < -0.4 is 5.73 Å². The van der Waals surface area contributed by atoms with Crippen molar-refractivity contribution >= 4 is 17.4 Å². The molecule has 4 heteroatoms. The van der Waals surface area contributed by atoms with E-state index < -0.39 is 0 Å². The van der Waals surface area contributed by atoms with Crippen molar-refractivity contribution in [3.8, 4) is 0 Å². The number of nitrogens with two attached hydrogens (primary N) is 1. The number of aliphatic hydroxyl groups is 1. The highest BCUT2D eigenvalue weighted by Crippen LogP contribution is 2.33. The average molecular weight is 249 g/mol. The summed E-state index contributed by atoms with van der Waals surface area (Å²) < 4.78 is 13.5. The van der Waals surface area contributed by atoms with Crippen LogP contribution in [-0.4, -0.2) is 5.11 Å². The summed E-state index contributed by atoms with van der Waals surface area (Å²) in [5.41, 5.74) is 6.93. The minimum absolute atomic E-state index is 0.109. The molecule has 0 atom stereocenters. The van der Waals surface area contributed by atoms with Crippen LogP contribution in [0.5, 0.6) is 0 Å². The number of rotatable bonds is 3. The molecule has 0 amide bonds. The van der Waals surface area contributed by atoms with Crippen LogP contribution in [0.1, 0.15) is 5.56 Å². The summed E-state index contributed by atoms with van der Waals surface area (Å²) in [7, 11) is 0. The summed E-state index contributed by atoms with van der Waals surface area (Å²) in [5, 5.41) is 9.23. The summed E-state index contributed by atoms with van der Waals surface area (Å²) in [4.78, 5) is 1.35. The van der Waals surface area contributed by atoms with Crippen molar-refractivity contribution in [2.75, 3.05) is 5.73 Å². The van der Waals surface area contributed by atoms with Crippen LogP contribution in [0.2, 0.25) is 0 Å². The van der Waals surface area contributed by atoms with E-state index in [9.17, 15) is 9.50 Å². The van der Waals surface area contributed by atoms with Crippen molar-refractivity contribution in [1.29, 1.82) is 0 Å². The van der Waals surface area contributed by atoms with Crippen molar-refractivity contribution in [3.05, 3.63) is 53.8 Å². The van der Waals surface area contributed by atoms with Crippen molar-refractivity contribution in [2.45, 2.75) is 16.4 Å². The number of hydrogen-bond donors (Lipinski definition) is 2. The van der Waals surface area contributed by atoms with Crippen molar-refractivity contribution < 1.29 is 9.50 Å². The predicted octanol–water partition coefficient (Wildman–Crippen LogP) is 3.05. The van der Waals surface area contributed by atoms with Gasteiger partial charge in [-0.2, -0.15) is 0 Å². The summed E-state index contributed by atoms with van der Waals surface area (Å²) >= 11 is 1.28. The van der Waals surface area contributed by atoms with E-state index in [-0.39, 0.29) is 12.4 Å². The number of benzene rings is 2. The maximum absolute atomic E-state index is 13.5. The van der Waals surface area contributed by atoms with Gasteiger partial charge < -0.3 is 10.8 Å². The van der Waals surface area contributed by atoms with Gasteiger partial charge in [0, 0.05) is 15.5 Å². The second kappa shape index (κ2) is 5.21. The summed E-state index contributed by atoms with van der Waals surface area (Å²) in [6, 6.07) is 11.8. The summed E-state index contributed by atoms with van der Waals surface area (Å²) in [5.74, 6) is -0.266. The number of aliphatic hydroxyl groups excluding tert-OH is 1. The van der Waals surface area contributed by atoms with E-state index in [1.165, 1.54) is 17.8 Å². The molecule has 0 aliphatic heterocycles. The lowest BCUT2D eigenvalue weighted by Crippen LogP contribution is -1.92. The predicted molar refractivity (Wildman–Crippen MR) is 67.3 cm³/mol. The van der Waals surface area contributed by atoms with Gasteiger partial charge in [0.2, 0.25) is 0 Å². The second-order valence-corrected chi connectivity index (χ2v) is 4.64. The fourth-order valence-electron chi connectivity index (χ4n) is 1.47. The van der Waals surface area contributed by atoms with Gasteiger partial charge >= 0.3 is 0 Å². The van der Waals surface area contributed by atoms with Gasteiger partial charge in [-0.1, -0.05) is 23.9 Å². The minimum atomic E-state index is -0.266. The summed E-state index contributed by atoms with van der Waals surface area (Å²) in [6.45, 7) is -0.109. The molecular weight excluding hydrogens is 237 g/mol. The molecule has 2 rings (SSSR count). The standard InChI is InChI=1S/C13H12FNOS/c14-11-3-1-2-4-13(11)17-12-6-5-10(15)7-9(12)8-16/h1-7,16H,8,15H2. The Morgan fingerprint density at radius 1 is 1.12 bits per heavy atom. The van der Waals surface area contributed by atoms with Gasteiger partial charge in [-0.15, -0.1) is 0 Å². The van der Waals surface area contributed by atoms with Gasteiger partial charge in [-0.25, -0.2) is 4.39 Å². The normalized spacial score (nSPS) is 10.5. The zero-order valence-corrected chi connectivity index (χ0v) is 9.88. The number of halogens is 1. The van der Waals surface area contributed by atoms with Crippen molar-refractivity contribution in [1.82, 2.24) is 0 Å². The topological polar surface area (TPSA) is 46.2 Å². The van der Waals surface area contributed by atoms with Crippen molar-refractivity contribution in [2.24, 2.45) is 0 Å². The Morgan fingerprint density at radius 3 is 2.59 bits per heavy atom. The van der Waals surface area contributed by atoms with Crippen LogP contribution in [0.3, 0.4) is 0 Å². The van der Waals surface area contributed by atoms with Crippen LogP contribution in [0.4, 0.5) is 10.1 Å². The molecule has 0 aliphatic carbocycles. The average Bonchev–Trinajstić information content (AvgIpc) is 2.34. The Kier molecular flexibility index (Phi) is 3.66. The van der Waals surface area contributed by atoms with Crippen molar-refractivity contribution in [3.63, 3.8) is 0 Å². The van der Waals surface area contributed by atoms with Gasteiger partial charge in [0.15, 0.2) is 0 Å². The molecule has 2 aromatic rings. The smallest absolute Gasteiger partial charge is 0.137 e. The first-order valence-corrected chi connectivity index (χ1v) is 5.94. The Balaban J connectivity index is 2.33. The van der Waals surface area contributed by atoms with Crippen LogP contribution in [-0.2, 0) is 6.61 Å². The fraction of sp³-hybridized carbons (Fsp3) is 0.0769.